The second kappa shape index (κ2) is 7.10. The van der Waals surface area contributed by atoms with Gasteiger partial charge in [-0.3, -0.25) is 4.68 Å². The van der Waals surface area contributed by atoms with Crippen LogP contribution in [0.5, 0.6) is 5.75 Å². The second-order valence-electron chi connectivity index (χ2n) is 4.89. The molecule has 1 aromatic heterocycles. The Morgan fingerprint density at radius 1 is 1.15 bits per heavy atom. The minimum absolute atomic E-state index is 0.479. The molecule has 0 amide bonds. The summed E-state index contributed by atoms with van der Waals surface area (Å²) in [6.45, 7) is 5.42. The van der Waals surface area contributed by atoms with E-state index in [4.69, 9.17) is 10.5 Å². The van der Waals surface area contributed by atoms with Crippen LogP contribution in [0.1, 0.15) is 44.0 Å². The average molecular weight is 273 g/mol. The van der Waals surface area contributed by atoms with Crippen molar-refractivity contribution in [3.63, 3.8) is 0 Å². The third-order valence-electron chi connectivity index (χ3n) is 3.53. The van der Waals surface area contributed by atoms with Gasteiger partial charge in [0, 0.05) is 12.7 Å². The van der Waals surface area contributed by atoms with E-state index in [0.29, 0.717) is 19.2 Å². The smallest absolute Gasteiger partial charge is 0.132 e. The van der Waals surface area contributed by atoms with Gasteiger partial charge in [-0.05, 0) is 36.6 Å². The lowest BCUT2D eigenvalue weighted by Gasteiger charge is -2.12. The van der Waals surface area contributed by atoms with Gasteiger partial charge in [0.2, 0.25) is 0 Å². The Kier molecular flexibility index (Phi) is 5.18. The van der Waals surface area contributed by atoms with E-state index in [0.717, 1.165) is 29.8 Å². The van der Waals surface area contributed by atoms with Crippen molar-refractivity contribution in [1.29, 1.82) is 0 Å². The van der Waals surface area contributed by atoms with Crippen LogP contribution in [0, 0.1) is 0 Å². The summed E-state index contributed by atoms with van der Waals surface area (Å²) in [6, 6.07) is 10.4. The van der Waals surface area contributed by atoms with Crippen LogP contribution in [-0.2, 0) is 13.2 Å². The SMILES string of the molecule is CCC(CC)n1ccc(COc2ccc(CN)cc2)n1. The summed E-state index contributed by atoms with van der Waals surface area (Å²) in [5.74, 6) is 0.847. The zero-order valence-corrected chi connectivity index (χ0v) is 12.2. The molecule has 0 bridgehead atoms. The lowest BCUT2D eigenvalue weighted by Crippen LogP contribution is -2.08. The Morgan fingerprint density at radius 3 is 2.45 bits per heavy atom. The molecule has 0 fully saturated rings. The summed E-state index contributed by atoms with van der Waals surface area (Å²) in [4.78, 5) is 0. The Balaban J connectivity index is 1.93. The van der Waals surface area contributed by atoms with Crippen LogP contribution in [-0.4, -0.2) is 9.78 Å². The Hall–Kier alpha value is -1.81. The van der Waals surface area contributed by atoms with Gasteiger partial charge >= 0.3 is 0 Å². The molecule has 0 radical (unpaired) electrons. The van der Waals surface area contributed by atoms with Gasteiger partial charge in [-0.15, -0.1) is 0 Å². The van der Waals surface area contributed by atoms with Gasteiger partial charge in [-0.1, -0.05) is 26.0 Å². The molecule has 0 atom stereocenters. The summed E-state index contributed by atoms with van der Waals surface area (Å²) in [6.07, 6.45) is 4.23. The summed E-state index contributed by atoms with van der Waals surface area (Å²) >= 11 is 0. The summed E-state index contributed by atoms with van der Waals surface area (Å²) < 4.78 is 7.77. The second-order valence-corrected chi connectivity index (χ2v) is 4.89. The normalized spacial score (nSPS) is 11.0. The number of rotatable bonds is 7. The molecule has 0 aliphatic rings. The van der Waals surface area contributed by atoms with Crippen LogP contribution in [0.2, 0.25) is 0 Å². The fourth-order valence-corrected chi connectivity index (χ4v) is 2.20. The van der Waals surface area contributed by atoms with Gasteiger partial charge < -0.3 is 10.5 Å². The number of ether oxygens (including phenoxy) is 1. The number of benzene rings is 1. The first kappa shape index (κ1) is 14.6. The number of nitrogens with zero attached hydrogens (tertiary/aromatic N) is 2. The molecule has 2 N–H and O–H groups in total. The first-order chi connectivity index (χ1) is 9.76. The molecule has 108 valence electrons. The monoisotopic (exact) mass is 273 g/mol. The van der Waals surface area contributed by atoms with Crippen molar-refractivity contribution < 1.29 is 4.74 Å². The largest absolute Gasteiger partial charge is 0.487 e. The van der Waals surface area contributed by atoms with E-state index in [1.54, 1.807) is 0 Å². The zero-order valence-electron chi connectivity index (χ0n) is 12.2. The maximum atomic E-state index is 5.74. The van der Waals surface area contributed by atoms with Gasteiger partial charge in [0.15, 0.2) is 0 Å². The number of nitrogens with two attached hydrogens (primary N) is 1. The molecular weight excluding hydrogens is 250 g/mol. The summed E-state index contributed by atoms with van der Waals surface area (Å²) in [5.41, 5.74) is 7.63. The maximum Gasteiger partial charge on any atom is 0.132 e. The van der Waals surface area contributed by atoms with E-state index >= 15 is 0 Å². The molecule has 2 rings (SSSR count). The topological polar surface area (TPSA) is 53.1 Å². The Labute approximate surface area is 120 Å². The van der Waals surface area contributed by atoms with E-state index in [2.05, 4.69) is 18.9 Å². The zero-order chi connectivity index (χ0) is 14.4. The van der Waals surface area contributed by atoms with Crippen molar-refractivity contribution in [2.45, 2.75) is 45.9 Å². The number of hydrogen-bond acceptors (Lipinski definition) is 3. The van der Waals surface area contributed by atoms with Crippen LogP contribution in [0.25, 0.3) is 0 Å². The van der Waals surface area contributed by atoms with E-state index in [9.17, 15) is 0 Å². The lowest BCUT2D eigenvalue weighted by atomic mass is 10.2. The molecule has 0 unspecified atom stereocenters. The van der Waals surface area contributed by atoms with Crippen molar-refractivity contribution in [2.24, 2.45) is 5.73 Å². The highest BCUT2D eigenvalue weighted by molar-refractivity contribution is 5.27. The van der Waals surface area contributed by atoms with E-state index in [1.165, 1.54) is 0 Å². The lowest BCUT2D eigenvalue weighted by molar-refractivity contribution is 0.297. The Bertz CT molecular complexity index is 515. The average Bonchev–Trinajstić information content (AvgIpc) is 2.96. The van der Waals surface area contributed by atoms with Gasteiger partial charge in [-0.25, -0.2) is 0 Å². The highest BCUT2D eigenvalue weighted by Gasteiger charge is 2.08. The van der Waals surface area contributed by atoms with Crippen molar-refractivity contribution in [1.82, 2.24) is 9.78 Å². The predicted octanol–water partition coefficient (Wildman–Crippen LogP) is 3.28. The molecule has 1 aromatic carbocycles. The number of aromatic nitrogens is 2. The molecule has 4 heteroatoms. The molecule has 1 heterocycles. The van der Waals surface area contributed by atoms with Crippen LogP contribution in [0.15, 0.2) is 36.5 Å². The van der Waals surface area contributed by atoms with Crippen LogP contribution in [0.4, 0.5) is 0 Å². The molecule has 4 nitrogen and oxygen atoms in total. The van der Waals surface area contributed by atoms with E-state index < -0.39 is 0 Å². The molecule has 0 aliphatic heterocycles. The van der Waals surface area contributed by atoms with Gasteiger partial charge in [-0.2, -0.15) is 5.10 Å². The molecule has 0 saturated carbocycles. The fraction of sp³-hybridized carbons (Fsp3) is 0.438. The fourth-order valence-electron chi connectivity index (χ4n) is 2.20. The standard InChI is InChI=1S/C16H23N3O/c1-3-15(4-2)19-10-9-14(18-19)12-20-16-7-5-13(11-17)6-8-16/h5-10,15H,3-4,11-12,17H2,1-2H3. The first-order valence-corrected chi connectivity index (χ1v) is 7.22. The van der Waals surface area contributed by atoms with Crippen LogP contribution < -0.4 is 10.5 Å². The first-order valence-electron chi connectivity index (χ1n) is 7.22. The van der Waals surface area contributed by atoms with Crippen molar-refractivity contribution in [3.05, 3.63) is 47.8 Å². The molecule has 0 saturated heterocycles. The molecular formula is C16H23N3O. The summed E-state index contributed by atoms with van der Waals surface area (Å²) in [5, 5.41) is 4.57. The Morgan fingerprint density at radius 2 is 1.85 bits per heavy atom. The maximum absolute atomic E-state index is 5.74. The van der Waals surface area contributed by atoms with Gasteiger partial charge in [0.25, 0.3) is 0 Å². The van der Waals surface area contributed by atoms with Crippen LogP contribution in [0.3, 0.4) is 0 Å². The predicted molar refractivity (Wildman–Crippen MR) is 80.5 cm³/mol. The van der Waals surface area contributed by atoms with Crippen molar-refractivity contribution in [3.8, 4) is 5.75 Å². The number of hydrogen-bond donors (Lipinski definition) is 1. The van der Waals surface area contributed by atoms with Gasteiger partial charge in [0.05, 0.1) is 11.7 Å². The minimum atomic E-state index is 0.479. The third kappa shape index (κ3) is 3.61. The van der Waals surface area contributed by atoms with Crippen LogP contribution >= 0.6 is 0 Å². The third-order valence-corrected chi connectivity index (χ3v) is 3.53. The van der Waals surface area contributed by atoms with Crippen molar-refractivity contribution in [2.75, 3.05) is 0 Å². The summed E-state index contributed by atoms with van der Waals surface area (Å²) in [7, 11) is 0. The molecule has 0 aliphatic carbocycles. The van der Waals surface area contributed by atoms with Gasteiger partial charge in [0.1, 0.15) is 12.4 Å². The highest BCUT2D eigenvalue weighted by Crippen LogP contribution is 2.16. The molecule has 20 heavy (non-hydrogen) atoms. The van der Waals surface area contributed by atoms with E-state index in [-0.39, 0.29) is 0 Å². The quantitative estimate of drug-likeness (QED) is 0.842. The van der Waals surface area contributed by atoms with E-state index in [1.807, 2.05) is 41.2 Å². The van der Waals surface area contributed by atoms with Crippen molar-refractivity contribution >= 4 is 0 Å². The minimum Gasteiger partial charge on any atom is -0.487 e. The molecule has 2 aromatic rings. The highest BCUT2D eigenvalue weighted by atomic mass is 16.5. The molecule has 0 spiro atoms.